The zero-order valence-electron chi connectivity index (χ0n) is 20.4. The topological polar surface area (TPSA) is 139 Å². The normalized spacial score (nSPS) is 20.9. The van der Waals surface area contributed by atoms with Gasteiger partial charge in [-0.3, -0.25) is 9.59 Å². The molecule has 1 aromatic carbocycles. The van der Waals surface area contributed by atoms with Crippen LogP contribution < -0.4 is 15.8 Å². The second kappa shape index (κ2) is 12.4. The summed E-state index contributed by atoms with van der Waals surface area (Å²) in [5, 5.41) is 10.7. The van der Waals surface area contributed by atoms with Crippen LogP contribution in [-0.2, 0) is 25.2 Å². The van der Waals surface area contributed by atoms with Crippen molar-refractivity contribution in [3.05, 3.63) is 29.8 Å². The molecule has 2 rings (SSSR count). The van der Waals surface area contributed by atoms with Gasteiger partial charge in [0.25, 0.3) is 0 Å². The van der Waals surface area contributed by atoms with E-state index in [1.165, 1.54) is 27.9 Å². The van der Waals surface area contributed by atoms with E-state index in [1.54, 1.807) is 24.3 Å². The molecular formula is C22H33ClF3N3O6S. The number of nitrogens with two attached hydrogens (primary N) is 1. The number of nitrogens with zero attached hydrogens (tertiary/aromatic N) is 1. The number of halogens is 4. The smallest absolute Gasteiger partial charge is 0.416 e. The van der Waals surface area contributed by atoms with Gasteiger partial charge < -0.3 is 25.8 Å². The molecule has 206 valence electrons. The molecule has 36 heavy (non-hydrogen) atoms. The molecule has 0 aliphatic carbocycles. The molecule has 1 aliphatic rings. The Morgan fingerprint density at radius 3 is 2.22 bits per heavy atom. The number of carbonyl (C=O) groups is 2. The van der Waals surface area contributed by atoms with Gasteiger partial charge >= 0.3 is 6.18 Å². The number of methoxy groups -OCH3 is 1. The van der Waals surface area contributed by atoms with E-state index < -0.39 is 63.2 Å². The van der Waals surface area contributed by atoms with Gasteiger partial charge in [0.2, 0.25) is 11.8 Å². The van der Waals surface area contributed by atoms with Crippen LogP contribution in [0, 0.1) is 5.92 Å². The van der Waals surface area contributed by atoms with Crippen molar-refractivity contribution in [1.82, 2.24) is 10.2 Å². The summed E-state index contributed by atoms with van der Waals surface area (Å²) >= 11 is 0. The van der Waals surface area contributed by atoms with E-state index in [0.29, 0.717) is 11.3 Å². The predicted octanol–water partition coefficient (Wildman–Crippen LogP) is 1.41. The van der Waals surface area contributed by atoms with Crippen molar-refractivity contribution in [3.8, 4) is 5.75 Å². The van der Waals surface area contributed by atoms with Gasteiger partial charge in [-0.25, -0.2) is 8.42 Å². The number of alkyl halides is 3. The largest absolute Gasteiger partial charge is 0.497 e. The molecule has 2 amide bonds. The monoisotopic (exact) mass is 559 g/mol. The lowest BCUT2D eigenvalue weighted by molar-refractivity contribution is -0.215. The molecule has 0 bridgehead atoms. The number of likely N-dealkylation sites (tertiary alicyclic amines) is 1. The fourth-order valence-corrected chi connectivity index (χ4v) is 5.71. The van der Waals surface area contributed by atoms with E-state index in [4.69, 9.17) is 10.5 Å². The van der Waals surface area contributed by atoms with Crippen LogP contribution in [0.4, 0.5) is 13.2 Å². The predicted molar refractivity (Wildman–Crippen MR) is 129 cm³/mol. The fourth-order valence-electron chi connectivity index (χ4n) is 3.96. The van der Waals surface area contributed by atoms with Crippen molar-refractivity contribution in [2.24, 2.45) is 11.7 Å². The van der Waals surface area contributed by atoms with Crippen molar-refractivity contribution in [2.75, 3.05) is 13.7 Å². The van der Waals surface area contributed by atoms with Gasteiger partial charge in [-0.05, 0) is 37.0 Å². The number of aliphatic hydroxyl groups is 1. The van der Waals surface area contributed by atoms with Crippen LogP contribution >= 0.6 is 12.4 Å². The van der Waals surface area contributed by atoms with E-state index in [2.05, 4.69) is 5.32 Å². The number of amides is 2. The van der Waals surface area contributed by atoms with Gasteiger partial charge in [-0.15, -0.1) is 12.4 Å². The maximum Gasteiger partial charge on any atom is 0.416 e. The number of sulfone groups is 1. The van der Waals surface area contributed by atoms with E-state index in [-0.39, 0.29) is 31.1 Å². The molecule has 14 heteroatoms. The molecule has 9 nitrogen and oxygen atoms in total. The second-order valence-corrected chi connectivity index (χ2v) is 11.4. The highest BCUT2D eigenvalue weighted by Crippen LogP contribution is 2.29. The average molecular weight is 560 g/mol. The highest BCUT2D eigenvalue weighted by Gasteiger charge is 2.49. The van der Waals surface area contributed by atoms with E-state index in [0.717, 1.165) is 4.90 Å². The standard InChI is InChI=1S/C22H32F3N3O6S.ClH/c1-12(2)18(19(29)22(23,24)25)27-20(30)17-9-16(10-28(17)21(31)13(3)26)35(32,33)11-14-5-7-15(34-4)8-6-14;/h5-8,12-13,16-19,29H,9-11,26H2,1-4H3,(H,27,30);1H/t13?,16-,17+,18?,19?;/m1./s1. The van der Waals surface area contributed by atoms with Gasteiger partial charge in [0, 0.05) is 6.54 Å². The summed E-state index contributed by atoms with van der Waals surface area (Å²) in [4.78, 5) is 26.6. The van der Waals surface area contributed by atoms with Crippen molar-refractivity contribution in [1.29, 1.82) is 0 Å². The summed E-state index contributed by atoms with van der Waals surface area (Å²) in [5.74, 6) is -2.31. The van der Waals surface area contributed by atoms with Gasteiger partial charge in [0.05, 0.1) is 30.2 Å². The molecule has 5 atom stereocenters. The zero-order chi connectivity index (χ0) is 26.7. The Labute approximate surface area is 214 Å². The number of hydrogen-bond acceptors (Lipinski definition) is 7. The second-order valence-electron chi connectivity index (χ2n) is 9.07. The molecule has 4 N–H and O–H groups in total. The van der Waals surface area contributed by atoms with Crippen LogP contribution in [0.15, 0.2) is 24.3 Å². The lowest BCUT2D eigenvalue weighted by atomic mass is 9.97. The number of nitrogens with one attached hydrogen (secondary N) is 1. The zero-order valence-corrected chi connectivity index (χ0v) is 22.0. The molecule has 0 spiro atoms. The van der Waals surface area contributed by atoms with Gasteiger partial charge in [-0.1, -0.05) is 26.0 Å². The third kappa shape index (κ3) is 7.70. The number of hydrogen-bond donors (Lipinski definition) is 3. The Morgan fingerprint density at radius 1 is 1.22 bits per heavy atom. The SMILES string of the molecule is COc1ccc(CS(=O)(=O)[C@@H]2C[C@@H](C(=O)NC(C(C)C)C(O)C(F)(F)F)N(C(=O)C(C)N)C2)cc1.Cl. The summed E-state index contributed by atoms with van der Waals surface area (Å²) in [7, 11) is -2.39. The van der Waals surface area contributed by atoms with Crippen molar-refractivity contribution < 1.29 is 41.0 Å². The minimum atomic E-state index is -4.98. The molecule has 0 radical (unpaired) electrons. The first kappa shape index (κ1) is 31.9. The highest BCUT2D eigenvalue weighted by atomic mass is 35.5. The fraction of sp³-hybridized carbons (Fsp3) is 0.636. The van der Waals surface area contributed by atoms with Crippen LogP contribution in [0.2, 0.25) is 0 Å². The minimum absolute atomic E-state index is 0. The van der Waals surface area contributed by atoms with Crippen LogP contribution in [-0.4, -0.2) is 79.5 Å². The van der Waals surface area contributed by atoms with E-state index in [1.807, 2.05) is 0 Å². The third-order valence-electron chi connectivity index (χ3n) is 5.98. The Bertz CT molecular complexity index is 1010. The van der Waals surface area contributed by atoms with E-state index in [9.17, 15) is 36.3 Å². The molecule has 1 saturated heterocycles. The number of aliphatic hydroxyl groups excluding tert-OH is 1. The molecule has 0 saturated carbocycles. The molecule has 1 fully saturated rings. The van der Waals surface area contributed by atoms with Gasteiger partial charge in [0.1, 0.15) is 11.8 Å². The van der Waals surface area contributed by atoms with Crippen LogP contribution in [0.25, 0.3) is 0 Å². The van der Waals surface area contributed by atoms with Crippen molar-refractivity contribution in [3.63, 3.8) is 0 Å². The van der Waals surface area contributed by atoms with Gasteiger partial charge in [-0.2, -0.15) is 13.2 Å². The molecule has 1 heterocycles. The maximum absolute atomic E-state index is 13.1. The maximum atomic E-state index is 13.1. The molecule has 0 aromatic heterocycles. The number of carbonyl (C=O) groups excluding carboxylic acids is 2. The van der Waals surface area contributed by atoms with E-state index >= 15 is 0 Å². The molecule has 3 unspecified atom stereocenters. The summed E-state index contributed by atoms with van der Waals surface area (Å²) in [5.41, 5.74) is 6.13. The highest BCUT2D eigenvalue weighted by molar-refractivity contribution is 7.91. The Hall–Kier alpha value is -2.09. The average Bonchev–Trinajstić information content (AvgIpc) is 3.22. The lowest BCUT2D eigenvalue weighted by Gasteiger charge is -2.32. The Kier molecular flexibility index (Phi) is 11.0. The summed E-state index contributed by atoms with van der Waals surface area (Å²) < 4.78 is 70.6. The molecule has 1 aliphatic heterocycles. The lowest BCUT2D eigenvalue weighted by Crippen LogP contribution is -2.57. The van der Waals surface area contributed by atoms with Crippen molar-refractivity contribution in [2.45, 2.75) is 68.6 Å². The third-order valence-corrected chi connectivity index (χ3v) is 8.07. The van der Waals surface area contributed by atoms with Crippen LogP contribution in [0.5, 0.6) is 5.75 Å². The number of benzene rings is 1. The first-order chi connectivity index (χ1) is 16.1. The Morgan fingerprint density at radius 2 is 1.78 bits per heavy atom. The van der Waals surface area contributed by atoms with Crippen LogP contribution in [0.1, 0.15) is 32.8 Å². The van der Waals surface area contributed by atoms with Crippen LogP contribution in [0.3, 0.4) is 0 Å². The Balaban J connectivity index is 0.00000648. The number of ether oxygens (including phenoxy) is 1. The summed E-state index contributed by atoms with van der Waals surface area (Å²) in [6.45, 7) is 3.81. The first-order valence-electron chi connectivity index (χ1n) is 11.0. The molecular weight excluding hydrogens is 527 g/mol. The van der Waals surface area contributed by atoms with Crippen molar-refractivity contribution >= 4 is 34.1 Å². The minimum Gasteiger partial charge on any atom is -0.497 e. The molecule has 1 aromatic rings. The number of rotatable bonds is 9. The quantitative estimate of drug-likeness (QED) is 0.416. The summed E-state index contributed by atoms with van der Waals surface area (Å²) in [6.07, 6.45) is -8.13. The summed E-state index contributed by atoms with van der Waals surface area (Å²) in [6, 6.07) is 2.24. The first-order valence-corrected chi connectivity index (χ1v) is 12.8. The van der Waals surface area contributed by atoms with Gasteiger partial charge in [0.15, 0.2) is 15.9 Å².